The third kappa shape index (κ3) is 4.54. The van der Waals surface area contributed by atoms with Crippen molar-refractivity contribution in [3.8, 4) is 5.75 Å². The largest absolute Gasteiger partial charge is 0.434 e. The van der Waals surface area contributed by atoms with Crippen LogP contribution in [0.25, 0.3) is 0 Å². The number of anilines is 1. The Morgan fingerprint density at radius 1 is 1.50 bits per heavy atom. The maximum atomic E-state index is 12.1. The van der Waals surface area contributed by atoms with E-state index in [9.17, 15) is 13.6 Å². The van der Waals surface area contributed by atoms with Crippen LogP contribution in [0.3, 0.4) is 0 Å². The quantitative estimate of drug-likeness (QED) is 0.754. The van der Waals surface area contributed by atoms with E-state index in [0.29, 0.717) is 11.3 Å². The van der Waals surface area contributed by atoms with Gasteiger partial charge in [-0.15, -0.1) is 0 Å². The fourth-order valence-corrected chi connectivity index (χ4v) is 1.25. The first kappa shape index (κ1) is 14.2. The topological polar surface area (TPSA) is 70.6 Å². The van der Waals surface area contributed by atoms with Crippen LogP contribution >= 0.6 is 0 Å². The zero-order valence-corrected chi connectivity index (χ0v) is 9.74. The van der Waals surface area contributed by atoms with E-state index in [1.54, 1.807) is 19.1 Å². The summed E-state index contributed by atoms with van der Waals surface area (Å²) in [5.74, 6) is 0.00459. The van der Waals surface area contributed by atoms with Crippen molar-refractivity contribution in [2.75, 3.05) is 18.5 Å². The fraction of sp³-hybridized carbons (Fsp3) is 0.364. The summed E-state index contributed by atoms with van der Waals surface area (Å²) < 4.78 is 28.5. The van der Waals surface area contributed by atoms with Gasteiger partial charge < -0.3 is 20.5 Å². The number of nitrogens with one attached hydrogen (secondary N) is 2. The van der Waals surface area contributed by atoms with Crippen LogP contribution in [-0.2, 0) is 0 Å². The summed E-state index contributed by atoms with van der Waals surface area (Å²) in [5.41, 5.74) is 0.864. The standard InChI is InChI=1S/C11H14F2N2O3/c1-7-2-3-8(6-9(7)18-10(12)13)15-11(17)14-4-5-16/h2-3,6,10,16H,4-5H2,1H3,(H2,14,15,17). The molecule has 0 fully saturated rings. The Hall–Kier alpha value is -1.89. The predicted molar refractivity (Wildman–Crippen MR) is 61.9 cm³/mol. The van der Waals surface area contributed by atoms with E-state index in [1.165, 1.54) is 6.07 Å². The molecule has 0 aliphatic heterocycles. The lowest BCUT2D eigenvalue weighted by Crippen LogP contribution is -2.30. The van der Waals surface area contributed by atoms with E-state index in [4.69, 9.17) is 5.11 Å². The Labute approximate surface area is 103 Å². The highest BCUT2D eigenvalue weighted by Crippen LogP contribution is 2.24. The molecular weight excluding hydrogens is 246 g/mol. The van der Waals surface area contributed by atoms with Crippen molar-refractivity contribution in [1.29, 1.82) is 0 Å². The Morgan fingerprint density at radius 3 is 2.83 bits per heavy atom. The normalized spacial score (nSPS) is 10.3. The second-order valence-electron chi connectivity index (χ2n) is 3.46. The molecule has 0 unspecified atom stereocenters. The van der Waals surface area contributed by atoms with Crippen LogP contribution in [0.4, 0.5) is 19.3 Å². The lowest BCUT2D eigenvalue weighted by Gasteiger charge is -2.11. The molecule has 0 heterocycles. The van der Waals surface area contributed by atoms with Crippen molar-refractivity contribution in [2.45, 2.75) is 13.5 Å². The number of aliphatic hydroxyl groups is 1. The van der Waals surface area contributed by atoms with Crippen molar-refractivity contribution in [3.63, 3.8) is 0 Å². The second kappa shape index (κ2) is 6.75. The number of urea groups is 1. The van der Waals surface area contributed by atoms with Gasteiger partial charge in [0.1, 0.15) is 5.75 Å². The van der Waals surface area contributed by atoms with Crippen LogP contribution in [0.1, 0.15) is 5.56 Å². The van der Waals surface area contributed by atoms with E-state index in [0.717, 1.165) is 0 Å². The van der Waals surface area contributed by atoms with Crippen molar-refractivity contribution < 1.29 is 23.4 Å². The molecule has 0 aliphatic carbocycles. The molecule has 5 nitrogen and oxygen atoms in total. The molecule has 0 aliphatic rings. The Balaban J connectivity index is 2.69. The maximum absolute atomic E-state index is 12.1. The molecule has 0 atom stereocenters. The summed E-state index contributed by atoms with van der Waals surface area (Å²) in [4.78, 5) is 11.3. The number of benzene rings is 1. The Bertz CT molecular complexity index is 413. The lowest BCUT2D eigenvalue weighted by molar-refractivity contribution is -0.0502. The van der Waals surface area contributed by atoms with Crippen LogP contribution in [0.2, 0.25) is 0 Å². The zero-order valence-electron chi connectivity index (χ0n) is 9.74. The highest BCUT2D eigenvalue weighted by molar-refractivity contribution is 5.89. The van der Waals surface area contributed by atoms with E-state index >= 15 is 0 Å². The molecule has 0 bridgehead atoms. The molecule has 100 valence electrons. The van der Waals surface area contributed by atoms with Gasteiger partial charge in [-0.1, -0.05) is 6.07 Å². The van der Waals surface area contributed by atoms with E-state index in [2.05, 4.69) is 15.4 Å². The number of carbonyl (C=O) groups is 1. The van der Waals surface area contributed by atoms with E-state index < -0.39 is 12.6 Å². The molecule has 0 saturated heterocycles. The van der Waals surface area contributed by atoms with E-state index in [1.807, 2.05) is 0 Å². The number of ether oxygens (including phenoxy) is 1. The summed E-state index contributed by atoms with van der Waals surface area (Å²) in [6.45, 7) is -1.37. The molecular formula is C11H14F2N2O3. The number of rotatable bonds is 5. The molecule has 7 heteroatoms. The summed E-state index contributed by atoms with van der Waals surface area (Å²) in [7, 11) is 0. The Morgan fingerprint density at radius 2 is 2.22 bits per heavy atom. The first-order valence-electron chi connectivity index (χ1n) is 5.24. The number of aliphatic hydroxyl groups excluding tert-OH is 1. The van der Waals surface area contributed by atoms with Gasteiger partial charge in [0, 0.05) is 18.3 Å². The SMILES string of the molecule is Cc1ccc(NC(=O)NCCO)cc1OC(F)F. The molecule has 0 aromatic heterocycles. The van der Waals surface area contributed by atoms with Gasteiger partial charge in [-0.3, -0.25) is 0 Å². The number of alkyl halides is 2. The molecule has 2 amide bonds. The zero-order chi connectivity index (χ0) is 13.5. The molecule has 3 N–H and O–H groups in total. The smallest absolute Gasteiger partial charge is 0.387 e. The number of amides is 2. The highest BCUT2D eigenvalue weighted by atomic mass is 19.3. The molecule has 0 saturated carbocycles. The van der Waals surface area contributed by atoms with Gasteiger partial charge >= 0.3 is 12.6 Å². The first-order chi connectivity index (χ1) is 8.52. The number of hydrogen-bond acceptors (Lipinski definition) is 3. The number of hydrogen-bond donors (Lipinski definition) is 3. The van der Waals surface area contributed by atoms with Crippen LogP contribution in [0.15, 0.2) is 18.2 Å². The summed E-state index contributed by atoms with van der Waals surface area (Å²) >= 11 is 0. The Kier molecular flexibility index (Phi) is 5.31. The van der Waals surface area contributed by atoms with Gasteiger partial charge in [-0.25, -0.2) is 4.79 Å². The predicted octanol–water partition coefficient (Wildman–Crippen LogP) is 1.71. The van der Waals surface area contributed by atoms with Gasteiger partial charge in [-0.2, -0.15) is 8.78 Å². The number of halogens is 2. The van der Waals surface area contributed by atoms with Gasteiger partial charge in [0.2, 0.25) is 0 Å². The first-order valence-corrected chi connectivity index (χ1v) is 5.24. The van der Waals surface area contributed by atoms with Gasteiger partial charge in [0.05, 0.1) is 6.61 Å². The van der Waals surface area contributed by atoms with Crippen LogP contribution < -0.4 is 15.4 Å². The minimum Gasteiger partial charge on any atom is -0.434 e. The van der Waals surface area contributed by atoms with Crippen LogP contribution in [-0.4, -0.2) is 30.9 Å². The second-order valence-corrected chi connectivity index (χ2v) is 3.46. The molecule has 1 rings (SSSR count). The molecule has 0 spiro atoms. The minimum atomic E-state index is -2.91. The van der Waals surface area contributed by atoms with Crippen LogP contribution in [0.5, 0.6) is 5.75 Å². The molecule has 1 aromatic rings. The average molecular weight is 260 g/mol. The van der Waals surface area contributed by atoms with Crippen LogP contribution in [0, 0.1) is 6.92 Å². The minimum absolute atomic E-state index is 0.00459. The third-order valence-electron chi connectivity index (χ3n) is 2.06. The number of aryl methyl sites for hydroxylation is 1. The average Bonchev–Trinajstić information content (AvgIpc) is 2.30. The van der Waals surface area contributed by atoms with Gasteiger partial charge in [0.15, 0.2) is 0 Å². The van der Waals surface area contributed by atoms with Crippen molar-refractivity contribution in [2.24, 2.45) is 0 Å². The molecule has 0 radical (unpaired) electrons. The van der Waals surface area contributed by atoms with Crippen molar-refractivity contribution >= 4 is 11.7 Å². The molecule has 18 heavy (non-hydrogen) atoms. The summed E-state index contributed by atoms with van der Waals surface area (Å²) in [5, 5.41) is 13.3. The summed E-state index contributed by atoms with van der Waals surface area (Å²) in [6, 6.07) is 3.89. The monoisotopic (exact) mass is 260 g/mol. The maximum Gasteiger partial charge on any atom is 0.387 e. The third-order valence-corrected chi connectivity index (χ3v) is 2.06. The fourth-order valence-electron chi connectivity index (χ4n) is 1.25. The van der Waals surface area contributed by atoms with Crippen molar-refractivity contribution in [1.82, 2.24) is 5.32 Å². The van der Waals surface area contributed by atoms with Gasteiger partial charge in [-0.05, 0) is 18.6 Å². The molecule has 1 aromatic carbocycles. The van der Waals surface area contributed by atoms with E-state index in [-0.39, 0.29) is 18.9 Å². The lowest BCUT2D eigenvalue weighted by atomic mass is 10.2. The van der Waals surface area contributed by atoms with Gasteiger partial charge in [0.25, 0.3) is 0 Å². The van der Waals surface area contributed by atoms with Crippen molar-refractivity contribution in [3.05, 3.63) is 23.8 Å². The highest BCUT2D eigenvalue weighted by Gasteiger charge is 2.09. The number of carbonyl (C=O) groups excluding carboxylic acids is 1. The summed E-state index contributed by atoms with van der Waals surface area (Å²) in [6.07, 6.45) is 0.